The predicted octanol–water partition coefficient (Wildman–Crippen LogP) is 2.04. The number of rotatable bonds is 7. The Morgan fingerprint density at radius 1 is 1.25 bits per heavy atom. The zero-order valence-corrected chi connectivity index (χ0v) is 14.3. The third-order valence-electron chi connectivity index (χ3n) is 4.67. The van der Waals surface area contributed by atoms with E-state index in [-0.39, 0.29) is 11.8 Å². The third kappa shape index (κ3) is 4.01. The Hall–Kier alpha value is -2.18. The lowest BCUT2D eigenvalue weighted by atomic mass is 9.96. The molecule has 1 amide bonds. The number of carbonyl (C=O) groups excluding carboxylic acids is 1. The molecule has 0 spiro atoms. The van der Waals surface area contributed by atoms with Gasteiger partial charge in [-0.05, 0) is 31.4 Å². The summed E-state index contributed by atoms with van der Waals surface area (Å²) < 4.78 is 1.68. The van der Waals surface area contributed by atoms with E-state index in [0.29, 0.717) is 0 Å². The molecule has 7 nitrogen and oxygen atoms in total. The van der Waals surface area contributed by atoms with Gasteiger partial charge in [0.1, 0.15) is 12.1 Å². The molecule has 0 radical (unpaired) electrons. The highest BCUT2D eigenvalue weighted by Gasteiger charge is 2.25. The number of hydrogen-bond donors (Lipinski definition) is 1. The maximum atomic E-state index is 12.2. The maximum absolute atomic E-state index is 12.2. The van der Waals surface area contributed by atoms with Gasteiger partial charge in [0, 0.05) is 25.6 Å². The van der Waals surface area contributed by atoms with Crippen LogP contribution in [0.5, 0.6) is 0 Å². The normalized spacial score (nSPS) is 15.8. The minimum absolute atomic E-state index is 0.131. The average Bonchev–Trinajstić information content (AvgIpc) is 3.09. The lowest BCUT2D eigenvalue weighted by Gasteiger charge is -2.32. The molecule has 1 saturated heterocycles. The largest absolute Gasteiger partial charge is 0.356 e. The van der Waals surface area contributed by atoms with Crippen molar-refractivity contribution in [3.63, 3.8) is 0 Å². The summed E-state index contributed by atoms with van der Waals surface area (Å²) in [4.78, 5) is 14.5. The van der Waals surface area contributed by atoms with Gasteiger partial charge < -0.3 is 10.2 Å². The fourth-order valence-corrected chi connectivity index (χ4v) is 3.17. The number of nitrogens with one attached hydrogen (secondary N) is 1. The first-order chi connectivity index (χ1) is 11.8. The van der Waals surface area contributed by atoms with Crippen LogP contribution in [0.3, 0.4) is 0 Å². The monoisotopic (exact) mass is 330 g/mol. The van der Waals surface area contributed by atoms with Crippen molar-refractivity contribution < 1.29 is 4.79 Å². The van der Waals surface area contributed by atoms with E-state index in [0.717, 1.165) is 50.4 Å². The predicted molar refractivity (Wildman–Crippen MR) is 92.9 cm³/mol. The van der Waals surface area contributed by atoms with Crippen molar-refractivity contribution >= 4 is 17.4 Å². The molecule has 3 heterocycles. The highest BCUT2D eigenvalue weighted by Crippen LogP contribution is 2.22. The third-order valence-corrected chi connectivity index (χ3v) is 4.67. The molecule has 0 unspecified atom stereocenters. The van der Waals surface area contributed by atoms with E-state index in [4.69, 9.17) is 0 Å². The zero-order valence-electron chi connectivity index (χ0n) is 14.3. The number of anilines is 1. The molecule has 1 fully saturated rings. The molecule has 24 heavy (non-hydrogen) atoms. The quantitative estimate of drug-likeness (QED) is 0.786. The Bertz CT molecular complexity index is 662. The standard InChI is InChI=1S/C17H26N6O/c1-2-3-4-5-10-18-17(24)14-8-11-22(12-9-14)16-7-6-15-20-19-13-23(15)21-16/h6-7,13-14H,2-5,8-12H2,1H3,(H,18,24). The second kappa shape index (κ2) is 8.08. The van der Waals surface area contributed by atoms with Crippen molar-refractivity contribution in [2.75, 3.05) is 24.5 Å². The van der Waals surface area contributed by atoms with E-state index in [1.807, 2.05) is 12.1 Å². The van der Waals surface area contributed by atoms with Crippen LogP contribution in [0, 0.1) is 5.92 Å². The summed E-state index contributed by atoms with van der Waals surface area (Å²) in [6, 6.07) is 3.89. The second-order valence-electron chi connectivity index (χ2n) is 6.44. The summed E-state index contributed by atoms with van der Waals surface area (Å²) in [5.41, 5.74) is 0.746. The van der Waals surface area contributed by atoms with Crippen LogP contribution in [0.4, 0.5) is 5.82 Å². The Kier molecular flexibility index (Phi) is 5.61. The van der Waals surface area contributed by atoms with Crippen LogP contribution in [-0.2, 0) is 4.79 Å². The molecule has 7 heteroatoms. The first-order valence-corrected chi connectivity index (χ1v) is 8.97. The first kappa shape index (κ1) is 16.7. The fourth-order valence-electron chi connectivity index (χ4n) is 3.17. The summed E-state index contributed by atoms with van der Waals surface area (Å²) in [5, 5.41) is 15.4. The van der Waals surface area contributed by atoms with Crippen molar-refractivity contribution in [2.45, 2.75) is 45.4 Å². The number of unbranched alkanes of at least 4 members (excludes halogenated alkanes) is 3. The summed E-state index contributed by atoms with van der Waals surface area (Å²) in [6.07, 6.45) is 8.12. The van der Waals surface area contributed by atoms with Crippen molar-refractivity contribution in [3.8, 4) is 0 Å². The molecule has 1 aliphatic rings. The van der Waals surface area contributed by atoms with Gasteiger partial charge in [-0.3, -0.25) is 4.79 Å². The van der Waals surface area contributed by atoms with Gasteiger partial charge in [-0.15, -0.1) is 15.3 Å². The highest BCUT2D eigenvalue weighted by molar-refractivity contribution is 5.78. The van der Waals surface area contributed by atoms with Crippen molar-refractivity contribution in [1.82, 2.24) is 25.1 Å². The second-order valence-corrected chi connectivity index (χ2v) is 6.44. The Morgan fingerprint density at radius 3 is 2.88 bits per heavy atom. The van der Waals surface area contributed by atoms with Crippen LogP contribution in [0.2, 0.25) is 0 Å². The number of fused-ring (bicyclic) bond motifs is 1. The van der Waals surface area contributed by atoms with E-state index < -0.39 is 0 Å². The lowest BCUT2D eigenvalue weighted by Crippen LogP contribution is -2.41. The summed E-state index contributed by atoms with van der Waals surface area (Å²) in [7, 11) is 0. The highest BCUT2D eigenvalue weighted by atomic mass is 16.1. The summed E-state index contributed by atoms with van der Waals surface area (Å²) >= 11 is 0. The molecule has 2 aromatic rings. The van der Waals surface area contributed by atoms with Crippen molar-refractivity contribution in [2.24, 2.45) is 5.92 Å². The number of piperidine rings is 1. The van der Waals surface area contributed by atoms with Crippen LogP contribution in [0.1, 0.15) is 45.4 Å². The minimum atomic E-state index is 0.131. The number of hydrogen-bond acceptors (Lipinski definition) is 5. The number of carbonyl (C=O) groups is 1. The first-order valence-electron chi connectivity index (χ1n) is 8.97. The van der Waals surface area contributed by atoms with Crippen LogP contribution < -0.4 is 10.2 Å². The fraction of sp³-hybridized carbons (Fsp3) is 0.647. The van der Waals surface area contributed by atoms with Gasteiger partial charge in [-0.1, -0.05) is 26.2 Å². The Balaban J connectivity index is 1.45. The molecule has 1 aliphatic heterocycles. The molecular weight excluding hydrogens is 304 g/mol. The van der Waals surface area contributed by atoms with Crippen molar-refractivity contribution in [1.29, 1.82) is 0 Å². The summed E-state index contributed by atoms with van der Waals surface area (Å²) in [5.74, 6) is 1.26. The number of amides is 1. The van der Waals surface area contributed by atoms with Crippen LogP contribution >= 0.6 is 0 Å². The molecule has 0 atom stereocenters. The molecular formula is C17H26N6O. The minimum Gasteiger partial charge on any atom is -0.356 e. The molecule has 0 saturated carbocycles. The van der Waals surface area contributed by atoms with Gasteiger partial charge in [-0.25, -0.2) is 0 Å². The molecule has 3 rings (SSSR count). The SMILES string of the molecule is CCCCCCNC(=O)C1CCN(c2ccc3nncn3n2)CC1. The van der Waals surface area contributed by atoms with E-state index >= 15 is 0 Å². The maximum Gasteiger partial charge on any atom is 0.223 e. The zero-order chi connectivity index (χ0) is 16.8. The number of aromatic nitrogens is 4. The summed E-state index contributed by atoms with van der Waals surface area (Å²) in [6.45, 7) is 4.72. The van der Waals surface area contributed by atoms with Crippen LogP contribution in [-0.4, -0.2) is 45.4 Å². The van der Waals surface area contributed by atoms with Crippen molar-refractivity contribution in [3.05, 3.63) is 18.5 Å². The van der Waals surface area contributed by atoms with Gasteiger partial charge in [0.15, 0.2) is 5.65 Å². The topological polar surface area (TPSA) is 75.4 Å². The lowest BCUT2D eigenvalue weighted by molar-refractivity contribution is -0.125. The van der Waals surface area contributed by atoms with Gasteiger partial charge in [0.2, 0.25) is 5.91 Å². The van der Waals surface area contributed by atoms with Crippen LogP contribution in [0.15, 0.2) is 18.5 Å². The van der Waals surface area contributed by atoms with E-state index in [1.165, 1.54) is 19.3 Å². The van der Waals surface area contributed by atoms with E-state index in [1.54, 1.807) is 10.8 Å². The smallest absolute Gasteiger partial charge is 0.223 e. The van der Waals surface area contributed by atoms with Gasteiger partial charge >= 0.3 is 0 Å². The molecule has 130 valence electrons. The molecule has 0 bridgehead atoms. The molecule has 1 N–H and O–H groups in total. The molecule has 2 aromatic heterocycles. The van der Waals surface area contributed by atoms with Crippen LogP contribution in [0.25, 0.3) is 5.65 Å². The Labute approximate surface area is 142 Å². The van der Waals surface area contributed by atoms with E-state index in [9.17, 15) is 4.79 Å². The van der Waals surface area contributed by atoms with Gasteiger partial charge in [0.25, 0.3) is 0 Å². The van der Waals surface area contributed by atoms with E-state index in [2.05, 4.69) is 32.4 Å². The Morgan fingerprint density at radius 2 is 2.08 bits per heavy atom. The number of nitrogens with zero attached hydrogens (tertiary/aromatic N) is 5. The average molecular weight is 330 g/mol. The molecule has 0 aliphatic carbocycles. The van der Waals surface area contributed by atoms with Gasteiger partial charge in [-0.2, -0.15) is 4.52 Å². The van der Waals surface area contributed by atoms with Gasteiger partial charge in [0.05, 0.1) is 0 Å². The molecule has 0 aromatic carbocycles.